The van der Waals surface area contributed by atoms with Crippen LogP contribution < -0.4 is 10.5 Å². The number of ketones is 2. The van der Waals surface area contributed by atoms with Gasteiger partial charge in [0.05, 0.1) is 16.1 Å². The first kappa shape index (κ1) is 26.7. The molecule has 7 N–H and O–H groups in total. The number of hydrogen-bond donors (Lipinski definition) is 6. The van der Waals surface area contributed by atoms with Crippen LogP contribution in [0, 0.1) is 17.7 Å². The number of aliphatic hydroxyl groups is 3. The van der Waals surface area contributed by atoms with E-state index in [1.54, 1.807) is 0 Å². The molecule has 14 heteroatoms. The Hall–Kier alpha value is -3.94. The van der Waals surface area contributed by atoms with Gasteiger partial charge in [-0.2, -0.15) is 0 Å². The molecule has 5 rings (SSSR count). The summed E-state index contributed by atoms with van der Waals surface area (Å²) in [7, 11) is -4.40. The maximum absolute atomic E-state index is 15.3. The van der Waals surface area contributed by atoms with Gasteiger partial charge in [0.15, 0.2) is 17.1 Å². The molecule has 2 aromatic rings. The zero-order valence-corrected chi connectivity index (χ0v) is 21.3. The summed E-state index contributed by atoms with van der Waals surface area (Å²) in [5.74, 6) is -9.77. The quantitative estimate of drug-likeness (QED) is 0.232. The van der Waals surface area contributed by atoms with Crippen LogP contribution in [-0.4, -0.2) is 51.9 Å². The minimum absolute atomic E-state index is 0.0933. The fraction of sp³-hybridized carbons (Fsp3) is 0.240. The number of carbonyl (C=O) groups excluding carboxylic acids is 3. The number of aliphatic hydroxyl groups excluding tert-OH is 2. The third-order valence-corrected chi connectivity index (χ3v) is 8.96. The number of primary amides is 1. The lowest BCUT2D eigenvalue weighted by atomic mass is 9.60. The van der Waals surface area contributed by atoms with Crippen molar-refractivity contribution in [3.05, 3.63) is 75.0 Å². The lowest BCUT2D eigenvalue weighted by molar-refractivity contribution is -0.144. The number of benzene rings is 2. The van der Waals surface area contributed by atoms with Gasteiger partial charge in [-0.05, 0) is 37.0 Å². The first-order valence-corrected chi connectivity index (χ1v) is 13.3. The van der Waals surface area contributed by atoms with Crippen molar-refractivity contribution in [1.29, 1.82) is 0 Å². The fourth-order valence-electron chi connectivity index (χ4n) is 5.56. The highest BCUT2D eigenvalue weighted by Gasteiger charge is 2.59. The molecule has 204 valence electrons. The van der Waals surface area contributed by atoms with E-state index in [9.17, 15) is 43.2 Å². The predicted molar refractivity (Wildman–Crippen MR) is 133 cm³/mol. The number of allylic oxidation sites excluding steroid dienone is 2. The van der Waals surface area contributed by atoms with Gasteiger partial charge >= 0.3 is 0 Å². The Bertz CT molecular complexity index is 1680. The number of nitrogens with one attached hydrogen (secondary N) is 1. The predicted octanol–water partition coefficient (Wildman–Crippen LogP) is 2.17. The summed E-state index contributed by atoms with van der Waals surface area (Å²) >= 11 is 5.85. The minimum Gasteiger partial charge on any atom is -0.511 e. The van der Waals surface area contributed by atoms with Crippen molar-refractivity contribution in [2.45, 2.75) is 29.8 Å². The smallest absolute Gasteiger partial charge is 0.262 e. The first-order valence-electron chi connectivity index (χ1n) is 11.5. The molecule has 0 radical (unpaired) electrons. The van der Waals surface area contributed by atoms with E-state index in [0.29, 0.717) is 6.07 Å². The van der Waals surface area contributed by atoms with Crippen molar-refractivity contribution in [3.63, 3.8) is 0 Å². The van der Waals surface area contributed by atoms with Gasteiger partial charge < -0.3 is 26.2 Å². The third kappa shape index (κ3) is 3.87. The van der Waals surface area contributed by atoms with Crippen LogP contribution >= 0.6 is 11.6 Å². The number of rotatable bonds is 4. The Morgan fingerprint density at radius 1 is 1.15 bits per heavy atom. The molecule has 39 heavy (non-hydrogen) atoms. The van der Waals surface area contributed by atoms with E-state index < -0.39 is 96.8 Å². The topological polar surface area (TPSA) is 204 Å². The zero-order chi connectivity index (χ0) is 28.6. The van der Waals surface area contributed by atoms with E-state index in [-0.39, 0.29) is 28.3 Å². The fourth-order valence-corrected chi connectivity index (χ4v) is 6.92. The van der Waals surface area contributed by atoms with E-state index in [4.69, 9.17) is 17.3 Å². The highest BCUT2D eigenvalue weighted by Crippen LogP contribution is 2.52. The van der Waals surface area contributed by atoms with Gasteiger partial charge in [0.25, 0.3) is 15.9 Å². The van der Waals surface area contributed by atoms with E-state index in [1.807, 2.05) is 4.72 Å². The standard InChI is InChI=1S/C25H20ClFN2O9S/c26-11-2-1-3-12(7-11)39(37,38)29-15-8-14(27)13-5-9-4-10-6-16(30)19(24(28)35)23(34)25(10,36)22(33)17(9)21(32)18(13)20(15)31/h1-3,7-10,29-31,33,36H,4-6H2,(H2,28,35)/t9?,10-,25-/m0/s1. The number of fused-ring (bicyclic) bond motifs is 3. The Labute approximate surface area is 225 Å². The lowest BCUT2D eigenvalue weighted by Crippen LogP contribution is -2.57. The summed E-state index contributed by atoms with van der Waals surface area (Å²) in [6, 6.07) is 5.80. The van der Waals surface area contributed by atoms with Gasteiger partial charge in [0.1, 0.15) is 22.9 Å². The molecule has 3 aliphatic rings. The second-order valence-corrected chi connectivity index (χ2v) is 11.7. The maximum atomic E-state index is 15.3. The molecule has 0 saturated heterocycles. The van der Waals surface area contributed by atoms with E-state index in [0.717, 1.165) is 6.07 Å². The van der Waals surface area contributed by atoms with Crippen LogP contribution in [0.4, 0.5) is 10.1 Å². The molecule has 0 saturated carbocycles. The number of hydrogen-bond acceptors (Lipinski definition) is 9. The van der Waals surface area contributed by atoms with Crippen molar-refractivity contribution < 1.29 is 47.6 Å². The van der Waals surface area contributed by atoms with Crippen LogP contribution in [-0.2, 0) is 26.0 Å². The molecule has 0 bridgehead atoms. The van der Waals surface area contributed by atoms with Crippen LogP contribution in [0.1, 0.15) is 28.8 Å². The SMILES string of the molecule is NC(=O)C1=C(O)C[C@@H]2CC3Cc4c(F)cc(NS(=O)(=O)c5cccc(Cl)c5)c(O)c4C(=O)C3=C(O)[C@]2(O)C1=O. The Kier molecular flexibility index (Phi) is 6.01. The van der Waals surface area contributed by atoms with Crippen LogP contribution in [0.25, 0.3) is 0 Å². The summed E-state index contributed by atoms with van der Waals surface area (Å²) in [6.45, 7) is 0. The van der Waals surface area contributed by atoms with Crippen LogP contribution in [0.3, 0.4) is 0 Å². The van der Waals surface area contributed by atoms with E-state index >= 15 is 4.39 Å². The van der Waals surface area contributed by atoms with Crippen molar-refractivity contribution in [2.24, 2.45) is 17.6 Å². The number of sulfonamides is 1. The van der Waals surface area contributed by atoms with E-state index in [1.165, 1.54) is 18.2 Å². The number of phenolic OH excluding ortho intramolecular Hbond substituents is 1. The third-order valence-electron chi connectivity index (χ3n) is 7.36. The number of amides is 1. The molecule has 0 spiro atoms. The molecule has 0 aliphatic heterocycles. The van der Waals surface area contributed by atoms with Gasteiger partial charge in [-0.3, -0.25) is 19.1 Å². The monoisotopic (exact) mass is 578 g/mol. The lowest BCUT2D eigenvalue weighted by Gasteiger charge is -2.45. The molecule has 11 nitrogen and oxygen atoms in total. The second-order valence-electron chi connectivity index (χ2n) is 9.58. The number of anilines is 1. The number of aromatic hydroxyl groups is 1. The molecule has 1 unspecified atom stereocenters. The Balaban J connectivity index is 1.62. The number of nitrogens with two attached hydrogens (primary N) is 1. The van der Waals surface area contributed by atoms with E-state index in [2.05, 4.69) is 0 Å². The van der Waals surface area contributed by atoms with Gasteiger partial charge in [-0.15, -0.1) is 0 Å². The van der Waals surface area contributed by atoms with Crippen LogP contribution in [0.5, 0.6) is 5.75 Å². The van der Waals surface area contributed by atoms with Crippen molar-refractivity contribution >= 4 is 44.8 Å². The summed E-state index contributed by atoms with van der Waals surface area (Å²) in [4.78, 5) is 38.0. The molecule has 1 amide bonds. The minimum atomic E-state index is -4.40. The van der Waals surface area contributed by atoms with Gasteiger partial charge in [0.2, 0.25) is 5.78 Å². The molecule has 3 aliphatic carbocycles. The Morgan fingerprint density at radius 3 is 2.49 bits per heavy atom. The molecular weight excluding hydrogens is 559 g/mol. The molecular formula is C25H20ClFN2O9S. The van der Waals surface area contributed by atoms with Gasteiger partial charge in [-0.1, -0.05) is 17.7 Å². The summed E-state index contributed by atoms with van der Waals surface area (Å²) < 4.78 is 42.9. The maximum Gasteiger partial charge on any atom is 0.262 e. The molecule has 0 aromatic heterocycles. The highest BCUT2D eigenvalue weighted by molar-refractivity contribution is 7.92. The number of phenols is 1. The Morgan fingerprint density at radius 2 is 1.85 bits per heavy atom. The molecule has 2 aromatic carbocycles. The average molecular weight is 579 g/mol. The summed E-state index contributed by atoms with van der Waals surface area (Å²) in [5.41, 5.74) is -0.672. The molecule has 0 fully saturated rings. The molecule has 0 heterocycles. The summed E-state index contributed by atoms with van der Waals surface area (Å²) in [5, 5.41) is 43.5. The second kappa shape index (κ2) is 8.79. The number of halogens is 2. The van der Waals surface area contributed by atoms with Gasteiger partial charge in [-0.25, -0.2) is 12.8 Å². The van der Waals surface area contributed by atoms with Crippen molar-refractivity contribution in [1.82, 2.24) is 0 Å². The van der Waals surface area contributed by atoms with Crippen molar-refractivity contribution in [3.8, 4) is 5.75 Å². The molecule has 3 atom stereocenters. The zero-order valence-electron chi connectivity index (χ0n) is 19.7. The van der Waals surface area contributed by atoms with Crippen molar-refractivity contribution in [2.75, 3.05) is 4.72 Å². The summed E-state index contributed by atoms with van der Waals surface area (Å²) in [6.07, 6.45) is -0.866. The highest BCUT2D eigenvalue weighted by atomic mass is 35.5. The van der Waals surface area contributed by atoms with Crippen LogP contribution in [0.2, 0.25) is 5.02 Å². The number of Topliss-reactive ketones (excluding diaryl/α,β-unsaturated/α-hetero) is 2. The average Bonchev–Trinajstić information content (AvgIpc) is 2.84. The largest absolute Gasteiger partial charge is 0.511 e. The number of carbonyl (C=O) groups is 3. The normalized spacial score (nSPS) is 24.7. The van der Waals surface area contributed by atoms with Gasteiger partial charge in [0, 0.05) is 34.6 Å². The first-order chi connectivity index (χ1) is 18.2. The van der Waals surface area contributed by atoms with Crippen LogP contribution in [0.15, 0.2) is 57.9 Å².